The number of nitrogens with zero attached hydrogens (tertiary/aromatic N) is 2. The van der Waals surface area contributed by atoms with E-state index in [1.807, 2.05) is 6.07 Å². The van der Waals surface area contributed by atoms with Gasteiger partial charge in [-0.3, -0.25) is 0 Å². The maximum absolute atomic E-state index is 11.3. The van der Waals surface area contributed by atoms with Crippen molar-refractivity contribution in [1.29, 1.82) is 0 Å². The van der Waals surface area contributed by atoms with Gasteiger partial charge in [-0.25, -0.2) is 0 Å². The van der Waals surface area contributed by atoms with Crippen LogP contribution in [0.5, 0.6) is 5.88 Å². The van der Waals surface area contributed by atoms with E-state index in [-0.39, 0.29) is 0 Å². The first-order valence-electron chi connectivity index (χ1n) is 14.1. The van der Waals surface area contributed by atoms with Crippen molar-refractivity contribution in [3.05, 3.63) is 98.1 Å². The first-order valence-corrected chi connectivity index (χ1v) is 14.9. The van der Waals surface area contributed by atoms with E-state index < -0.39 is 0 Å². The van der Waals surface area contributed by atoms with Crippen LogP contribution in [-0.2, 0) is 19.5 Å². The quantitative estimate of drug-likeness (QED) is 0.140. The Morgan fingerprint density at radius 2 is 1.32 bits per heavy atom. The summed E-state index contributed by atoms with van der Waals surface area (Å²) >= 11 is 3.60. The molecule has 0 bridgehead atoms. The molecule has 0 aliphatic heterocycles. The molecule has 3 nitrogen and oxygen atoms in total. The van der Waals surface area contributed by atoms with Crippen LogP contribution in [0.2, 0.25) is 0 Å². The van der Waals surface area contributed by atoms with Crippen molar-refractivity contribution in [2.24, 2.45) is 0 Å². The van der Waals surface area contributed by atoms with E-state index in [0.717, 1.165) is 71.7 Å². The van der Waals surface area contributed by atoms with E-state index in [0.29, 0.717) is 5.88 Å². The number of unbranched alkanes of at least 4 members (excludes halogenated alkanes) is 1. The number of benzene rings is 3. The Hall–Kier alpha value is -2.56. The second-order valence-corrected chi connectivity index (χ2v) is 12.3. The van der Waals surface area contributed by atoms with Gasteiger partial charge >= 0.3 is 0 Å². The van der Waals surface area contributed by atoms with Crippen molar-refractivity contribution in [1.82, 2.24) is 4.57 Å². The predicted octanol–water partition coefficient (Wildman–Crippen LogP) is 8.77. The number of aryl methyl sites for hydroxylation is 4. The van der Waals surface area contributed by atoms with Crippen LogP contribution in [0.25, 0.3) is 10.8 Å². The lowest BCUT2D eigenvalue weighted by molar-refractivity contribution is -0.938. The topological polar surface area (TPSA) is 25.2 Å². The minimum atomic E-state index is 0.391. The van der Waals surface area contributed by atoms with Crippen LogP contribution in [0, 0.1) is 27.7 Å². The third-order valence-electron chi connectivity index (χ3n) is 8.17. The molecular formula is C34H44BrN2O+. The van der Waals surface area contributed by atoms with Crippen molar-refractivity contribution < 1.29 is 9.59 Å². The maximum Gasteiger partial charge on any atom is 0.199 e. The summed E-state index contributed by atoms with van der Waals surface area (Å²) in [6, 6.07) is 20.0. The van der Waals surface area contributed by atoms with Gasteiger partial charge < -0.3 is 14.2 Å². The molecule has 202 valence electrons. The van der Waals surface area contributed by atoms with E-state index in [1.54, 1.807) is 0 Å². The molecule has 0 aliphatic carbocycles. The van der Waals surface area contributed by atoms with E-state index >= 15 is 0 Å². The lowest BCUT2D eigenvalue weighted by atomic mass is 10.0. The standard InChI is InChI=1S/C34H43BrN2O/c1-7-37(8-2,23-29-19-26(5)16-27(6)20-29)14-10-9-13-36-33(21-28-17-24(3)15-25(4)18-28)31-12-11-30(35)22-32(31)34(36)38/h11-12,15-20,22H,7-10,13-14,21,23H2,1-6H3/p+1. The fraction of sp³-hybridized carbons (Fsp3) is 0.412. The molecule has 0 aliphatic rings. The summed E-state index contributed by atoms with van der Waals surface area (Å²) in [5.41, 5.74) is 9.22. The smallest absolute Gasteiger partial charge is 0.199 e. The third-order valence-corrected chi connectivity index (χ3v) is 8.67. The first-order chi connectivity index (χ1) is 18.1. The Balaban J connectivity index is 1.54. The normalized spacial score (nSPS) is 12.0. The molecule has 0 saturated carbocycles. The SMILES string of the molecule is CC[N+](CC)(CCCCn1c(O)c2cc(Br)ccc2c1Cc1cc(C)cc(C)c1)Cc1cc(C)cc(C)c1. The summed E-state index contributed by atoms with van der Waals surface area (Å²) in [6.45, 7) is 18.7. The molecule has 0 amide bonds. The van der Waals surface area contributed by atoms with Gasteiger partial charge in [0.05, 0.1) is 19.6 Å². The number of aromatic nitrogens is 1. The highest BCUT2D eigenvalue weighted by atomic mass is 79.9. The van der Waals surface area contributed by atoms with Gasteiger partial charge in [-0.15, -0.1) is 0 Å². The zero-order valence-electron chi connectivity index (χ0n) is 24.1. The summed E-state index contributed by atoms with van der Waals surface area (Å²) < 4.78 is 4.27. The number of rotatable bonds is 11. The van der Waals surface area contributed by atoms with E-state index in [1.165, 1.54) is 39.1 Å². The molecule has 0 spiro atoms. The van der Waals surface area contributed by atoms with Crippen LogP contribution in [0.4, 0.5) is 0 Å². The molecule has 38 heavy (non-hydrogen) atoms. The lowest BCUT2D eigenvalue weighted by Crippen LogP contribution is -2.47. The molecule has 0 atom stereocenters. The van der Waals surface area contributed by atoms with Crippen molar-refractivity contribution in [2.75, 3.05) is 19.6 Å². The fourth-order valence-corrected chi connectivity index (χ4v) is 6.64. The molecule has 4 aromatic rings. The molecular weight excluding hydrogens is 532 g/mol. The molecule has 0 unspecified atom stereocenters. The Kier molecular flexibility index (Phi) is 9.05. The molecule has 4 heteroatoms. The van der Waals surface area contributed by atoms with Gasteiger partial charge in [0, 0.05) is 39.5 Å². The van der Waals surface area contributed by atoms with Gasteiger partial charge in [0.15, 0.2) is 5.88 Å². The molecule has 0 fully saturated rings. The van der Waals surface area contributed by atoms with Crippen LogP contribution in [-0.4, -0.2) is 33.8 Å². The summed E-state index contributed by atoms with van der Waals surface area (Å²) in [5.74, 6) is 0.391. The van der Waals surface area contributed by atoms with E-state index in [4.69, 9.17) is 0 Å². The van der Waals surface area contributed by atoms with Crippen LogP contribution < -0.4 is 0 Å². The number of halogens is 1. The molecule has 1 aromatic heterocycles. The number of fused-ring (bicyclic) bond motifs is 1. The van der Waals surface area contributed by atoms with Crippen LogP contribution in [0.3, 0.4) is 0 Å². The van der Waals surface area contributed by atoms with Gasteiger partial charge in [0.25, 0.3) is 0 Å². The van der Waals surface area contributed by atoms with Gasteiger partial charge in [-0.2, -0.15) is 0 Å². The second-order valence-electron chi connectivity index (χ2n) is 11.3. The average Bonchev–Trinajstić information content (AvgIpc) is 3.09. The number of hydrogen-bond donors (Lipinski definition) is 1. The number of hydrogen-bond acceptors (Lipinski definition) is 1. The molecule has 4 rings (SSSR count). The molecule has 0 radical (unpaired) electrons. The highest BCUT2D eigenvalue weighted by molar-refractivity contribution is 9.10. The summed E-state index contributed by atoms with van der Waals surface area (Å²) in [4.78, 5) is 0. The lowest BCUT2D eigenvalue weighted by Gasteiger charge is -2.37. The summed E-state index contributed by atoms with van der Waals surface area (Å²) in [5, 5.41) is 13.4. The van der Waals surface area contributed by atoms with Crippen molar-refractivity contribution >= 4 is 26.7 Å². The zero-order chi connectivity index (χ0) is 27.4. The van der Waals surface area contributed by atoms with Crippen LogP contribution >= 0.6 is 15.9 Å². The largest absolute Gasteiger partial charge is 0.494 e. The molecule has 3 aromatic carbocycles. The highest BCUT2D eigenvalue weighted by Gasteiger charge is 2.24. The average molecular weight is 577 g/mol. The first kappa shape index (κ1) is 28.4. The second kappa shape index (κ2) is 12.1. The minimum Gasteiger partial charge on any atom is -0.494 e. The van der Waals surface area contributed by atoms with Crippen molar-refractivity contribution in [3.8, 4) is 5.88 Å². The maximum atomic E-state index is 11.3. The summed E-state index contributed by atoms with van der Waals surface area (Å²) in [7, 11) is 0. The van der Waals surface area contributed by atoms with Crippen LogP contribution in [0.1, 0.15) is 65.8 Å². The van der Waals surface area contributed by atoms with Gasteiger partial charge in [-0.05, 0) is 72.1 Å². The molecule has 0 saturated heterocycles. The third kappa shape index (κ3) is 6.52. The Bertz CT molecular complexity index is 1370. The zero-order valence-corrected chi connectivity index (χ0v) is 25.7. The Morgan fingerprint density at radius 3 is 1.89 bits per heavy atom. The van der Waals surface area contributed by atoms with E-state index in [9.17, 15) is 5.11 Å². The Morgan fingerprint density at radius 1 is 0.737 bits per heavy atom. The fourth-order valence-electron chi connectivity index (χ4n) is 6.27. The van der Waals surface area contributed by atoms with Crippen molar-refractivity contribution in [3.63, 3.8) is 0 Å². The van der Waals surface area contributed by atoms with Crippen LogP contribution in [0.15, 0.2) is 59.1 Å². The minimum absolute atomic E-state index is 0.391. The monoisotopic (exact) mass is 575 g/mol. The van der Waals surface area contributed by atoms with E-state index in [2.05, 4.69) is 111 Å². The van der Waals surface area contributed by atoms with Gasteiger partial charge in [0.1, 0.15) is 6.54 Å². The number of aromatic hydroxyl groups is 1. The van der Waals surface area contributed by atoms with Gasteiger partial charge in [0.2, 0.25) is 0 Å². The molecule has 1 N–H and O–H groups in total. The number of quaternary nitrogens is 1. The van der Waals surface area contributed by atoms with Crippen molar-refractivity contribution in [2.45, 2.75) is 73.9 Å². The summed E-state index contributed by atoms with van der Waals surface area (Å²) in [6.07, 6.45) is 2.99. The predicted molar refractivity (Wildman–Crippen MR) is 165 cm³/mol. The Labute approximate surface area is 237 Å². The molecule has 1 heterocycles. The highest BCUT2D eigenvalue weighted by Crippen LogP contribution is 2.35. The van der Waals surface area contributed by atoms with Gasteiger partial charge in [-0.1, -0.05) is 80.6 Å².